The molecule has 3 heterocycles. The summed E-state index contributed by atoms with van der Waals surface area (Å²) in [6.07, 6.45) is -8.90. The summed E-state index contributed by atoms with van der Waals surface area (Å²) in [7, 11) is 1.54. The predicted octanol–water partition coefficient (Wildman–Crippen LogP) is 5.54. The van der Waals surface area contributed by atoms with Crippen molar-refractivity contribution in [2.45, 2.75) is 81.2 Å². The van der Waals surface area contributed by atoms with Gasteiger partial charge in [-0.15, -0.1) is 4.72 Å². The van der Waals surface area contributed by atoms with Gasteiger partial charge in [0.05, 0.1) is 30.1 Å². The number of likely N-dealkylation sites (tertiary alicyclic amines) is 1. The quantitative estimate of drug-likeness (QED) is 0.170. The van der Waals surface area contributed by atoms with Gasteiger partial charge in [-0.3, -0.25) is 18.8 Å². The summed E-state index contributed by atoms with van der Waals surface area (Å²) >= 11 is -2.00. The molecule has 0 bridgehead atoms. The summed E-state index contributed by atoms with van der Waals surface area (Å²) in [5.74, 6) is -2.66. The molecule has 3 atom stereocenters. The molecule has 17 heteroatoms. The Morgan fingerprint density at radius 1 is 0.961 bits per heavy atom. The van der Waals surface area contributed by atoms with Crippen molar-refractivity contribution in [3.05, 3.63) is 82.4 Å². The van der Waals surface area contributed by atoms with E-state index in [1.54, 1.807) is 33.9 Å². The van der Waals surface area contributed by atoms with Crippen LogP contribution < -0.4 is 10.3 Å². The van der Waals surface area contributed by atoms with Crippen molar-refractivity contribution >= 4 is 28.3 Å². The zero-order chi connectivity index (χ0) is 37.5. The van der Waals surface area contributed by atoms with E-state index < -0.39 is 63.9 Å². The van der Waals surface area contributed by atoms with Gasteiger partial charge in [-0.05, 0) is 44.7 Å². The second-order valence-corrected chi connectivity index (χ2v) is 15.8. The average molecular weight is 741 g/mol. The Balaban J connectivity index is 1.30. The zero-order valence-corrected chi connectivity index (χ0v) is 29.1. The lowest BCUT2D eigenvalue weighted by Crippen LogP contribution is -2.50. The molecule has 1 aliphatic heterocycles. The minimum Gasteiger partial charge on any atom is -0.598 e. The van der Waals surface area contributed by atoms with Crippen LogP contribution in [0.2, 0.25) is 0 Å². The van der Waals surface area contributed by atoms with Crippen LogP contribution in [0.4, 0.5) is 26.3 Å². The van der Waals surface area contributed by atoms with E-state index >= 15 is 0 Å². The van der Waals surface area contributed by atoms with Gasteiger partial charge in [-0.25, -0.2) is 4.98 Å². The molecule has 1 saturated heterocycles. The monoisotopic (exact) mass is 740 g/mol. The van der Waals surface area contributed by atoms with Gasteiger partial charge in [-0.1, -0.05) is 54.6 Å². The predicted molar refractivity (Wildman–Crippen MR) is 179 cm³/mol. The molecule has 10 nitrogen and oxygen atoms in total. The summed E-state index contributed by atoms with van der Waals surface area (Å²) in [6.45, 7) is 4.42. The first-order valence-electron chi connectivity index (χ1n) is 16.1. The molecule has 2 N–H and O–H groups in total. The Hall–Kier alpha value is -3.93. The van der Waals surface area contributed by atoms with Crippen molar-refractivity contribution in [2.24, 2.45) is 7.05 Å². The van der Waals surface area contributed by atoms with Crippen LogP contribution in [0.5, 0.6) is 0 Å². The normalized spacial score (nSPS) is 17.4. The van der Waals surface area contributed by atoms with Crippen LogP contribution in [-0.2, 0) is 29.7 Å². The summed E-state index contributed by atoms with van der Waals surface area (Å²) in [4.78, 5) is 32.1. The fourth-order valence-electron chi connectivity index (χ4n) is 6.03. The molecule has 276 valence electrons. The van der Waals surface area contributed by atoms with Gasteiger partial charge < -0.3 is 14.6 Å². The second kappa shape index (κ2) is 14.2. The van der Waals surface area contributed by atoms with Gasteiger partial charge >= 0.3 is 12.4 Å². The molecule has 4 aromatic rings. The SMILES string of the molecule is Cn1nc2c(=O)n(CC3(O)CCN(C(=O)C[C@H](c4ccccc4)C(F)(F)F)CC3)cnc2c1-c1ccc([C@H](N[S+]([O-])C(C)(C)C)C(F)(F)F)cc1. The largest absolute Gasteiger partial charge is 0.598 e. The maximum atomic E-state index is 13.9. The van der Waals surface area contributed by atoms with Crippen molar-refractivity contribution < 1.29 is 40.8 Å². The van der Waals surface area contributed by atoms with E-state index in [0.717, 1.165) is 0 Å². The fraction of sp³-hybridized carbons (Fsp3) is 0.471. The van der Waals surface area contributed by atoms with Gasteiger partial charge in [0.25, 0.3) is 5.56 Å². The zero-order valence-electron chi connectivity index (χ0n) is 28.3. The lowest BCUT2D eigenvalue weighted by Gasteiger charge is -2.39. The van der Waals surface area contributed by atoms with Gasteiger partial charge in [0, 0.05) is 43.5 Å². The number of fused-ring (bicyclic) bond motifs is 1. The number of alkyl halides is 6. The number of hydrogen-bond donors (Lipinski definition) is 2. The third-order valence-corrected chi connectivity index (χ3v) is 10.5. The van der Waals surface area contributed by atoms with E-state index in [2.05, 4.69) is 14.8 Å². The van der Waals surface area contributed by atoms with Crippen LogP contribution in [-0.4, -0.2) is 75.6 Å². The first-order valence-corrected chi connectivity index (χ1v) is 17.2. The van der Waals surface area contributed by atoms with Crippen molar-refractivity contribution in [1.82, 2.24) is 29.0 Å². The third kappa shape index (κ3) is 8.59. The molecule has 51 heavy (non-hydrogen) atoms. The van der Waals surface area contributed by atoms with E-state index in [4.69, 9.17) is 0 Å². The number of halogens is 6. The Morgan fingerprint density at radius 3 is 2.12 bits per heavy atom. The maximum Gasteiger partial charge on any atom is 0.412 e. The number of aliphatic hydroxyl groups is 1. The number of aromatic nitrogens is 4. The molecule has 0 aliphatic carbocycles. The van der Waals surface area contributed by atoms with E-state index in [0.29, 0.717) is 11.3 Å². The summed E-state index contributed by atoms with van der Waals surface area (Å²) in [5.41, 5.74) is -1.33. The summed E-state index contributed by atoms with van der Waals surface area (Å²) < 4.78 is 99.6. The van der Waals surface area contributed by atoms with E-state index in [9.17, 15) is 45.6 Å². The van der Waals surface area contributed by atoms with E-state index in [1.165, 1.54) is 69.0 Å². The van der Waals surface area contributed by atoms with Crippen LogP contribution in [0.3, 0.4) is 0 Å². The van der Waals surface area contributed by atoms with Crippen molar-refractivity contribution in [3.63, 3.8) is 0 Å². The molecule has 2 aromatic carbocycles. The van der Waals surface area contributed by atoms with Crippen LogP contribution in [0.1, 0.15) is 63.1 Å². The number of piperidine rings is 1. The summed E-state index contributed by atoms with van der Waals surface area (Å²) in [5, 5.41) is 15.6. The van der Waals surface area contributed by atoms with Gasteiger partial charge in [0.15, 0.2) is 11.6 Å². The number of amides is 1. The number of carbonyl (C=O) groups excluding carboxylic acids is 1. The van der Waals surface area contributed by atoms with Crippen LogP contribution in [0.25, 0.3) is 22.3 Å². The number of rotatable bonds is 9. The molecule has 1 amide bonds. The standard InChI is InChI=1S/C34H38F6N6O4S/c1-31(2,3)51(50)43-29(34(38,39)40)23-12-10-22(11-13-23)28-26-27(42-44(28)4)30(48)46(20-41-26)19-32(49)14-16-45(17-15-32)25(47)18-24(33(35,36)37)21-8-6-5-7-9-21/h5-13,20,24,29,43,49H,14-19H2,1-4H3/t24-,29+,51?/m1/s1. The third-order valence-electron chi connectivity index (χ3n) is 8.93. The number of carbonyl (C=O) groups is 1. The molecule has 0 spiro atoms. The first kappa shape index (κ1) is 38.3. The highest BCUT2D eigenvalue weighted by atomic mass is 32.2. The van der Waals surface area contributed by atoms with Crippen LogP contribution in [0.15, 0.2) is 65.7 Å². The minimum absolute atomic E-state index is 0.00216. The second-order valence-electron chi connectivity index (χ2n) is 13.8. The van der Waals surface area contributed by atoms with Crippen molar-refractivity contribution in [1.29, 1.82) is 0 Å². The van der Waals surface area contributed by atoms with Crippen molar-refractivity contribution in [3.8, 4) is 11.3 Å². The number of nitrogens with zero attached hydrogens (tertiary/aromatic N) is 5. The topological polar surface area (TPSA) is 128 Å². The van der Waals surface area contributed by atoms with Crippen molar-refractivity contribution in [2.75, 3.05) is 13.1 Å². The van der Waals surface area contributed by atoms with Crippen LogP contribution in [0, 0.1) is 0 Å². The molecule has 1 fully saturated rings. The molecule has 1 unspecified atom stereocenters. The lowest BCUT2D eigenvalue weighted by molar-refractivity contribution is -0.162. The highest BCUT2D eigenvalue weighted by Crippen LogP contribution is 2.39. The Morgan fingerprint density at radius 2 is 1.57 bits per heavy atom. The van der Waals surface area contributed by atoms with E-state index in [-0.39, 0.29) is 54.6 Å². The van der Waals surface area contributed by atoms with Gasteiger partial charge in [0.2, 0.25) is 5.91 Å². The molecule has 0 saturated carbocycles. The number of hydrogen-bond acceptors (Lipinski definition) is 7. The smallest absolute Gasteiger partial charge is 0.412 e. The summed E-state index contributed by atoms with van der Waals surface area (Å²) in [6, 6.07) is 10.4. The molecular formula is C34H38F6N6O4S. The molecular weight excluding hydrogens is 702 g/mol. The molecule has 5 rings (SSSR count). The van der Waals surface area contributed by atoms with E-state index in [1.807, 2.05) is 0 Å². The Labute approximate surface area is 292 Å². The lowest BCUT2D eigenvalue weighted by atomic mass is 9.90. The highest BCUT2D eigenvalue weighted by molar-refractivity contribution is 7.90. The number of benzene rings is 2. The van der Waals surface area contributed by atoms with Gasteiger partial charge in [-0.2, -0.15) is 31.4 Å². The maximum absolute atomic E-state index is 13.9. The highest BCUT2D eigenvalue weighted by Gasteiger charge is 2.46. The first-order chi connectivity index (χ1) is 23.7. The molecule has 2 aromatic heterocycles. The molecule has 1 aliphatic rings. The number of aryl methyl sites for hydroxylation is 1. The minimum atomic E-state index is -4.73. The number of nitrogens with one attached hydrogen (secondary N) is 1. The van der Waals surface area contributed by atoms with Crippen LogP contribution >= 0.6 is 0 Å². The molecule has 0 radical (unpaired) electrons. The average Bonchev–Trinajstić information content (AvgIpc) is 3.39. The fourth-order valence-corrected chi connectivity index (χ4v) is 6.87. The Bertz CT molecular complexity index is 1900. The van der Waals surface area contributed by atoms with Gasteiger partial charge in [0.1, 0.15) is 10.3 Å². The Kier molecular flexibility index (Phi) is 10.7.